The van der Waals surface area contributed by atoms with E-state index in [2.05, 4.69) is 22.1 Å². The Morgan fingerprint density at radius 1 is 1.73 bits per heavy atom. The third-order valence-electron chi connectivity index (χ3n) is 2.11. The van der Waals surface area contributed by atoms with Gasteiger partial charge in [-0.1, -0.05) is 6.92 Å². The van der Waals surface area contributed by atoms with Crippen molar-refractivity contribution in [2.45, 2.75) is 19.8 Å². The number of carboxylic acid groups (broad SMARTS) is 1. The van der Waals surface area contributed by atoms with Gasteiger partial charge in [0, 0.05) is 18.7 Å². The van der Waals surface area contributed by atoms with Crippen LogP contribution < -0.4 is 5.32 Å². The molecular formula is C9H18N3O2S+. The van der Waals surface area contributed by atoms with Crippen LogP contribution >= 0.6 is 11.8 Å². The number of carbonyl (C=O) groups is 1. The quantitative estimate of drug-likeness (QED) is 0.686. The van der Waals surface area contributed by atoms with Crippen molar-refractivity contribution in [3.8, 4) is 0 Å². The Bertz CT molecular complexity index is 246. The molecule has 1 aliphatic heterocycles. The molecule has 15 heavy (non-hydrogen) atoms. The van der Waals surface area contributed by atoms with E-state index >= 15 is 0 Å². The van der Waals surface area contributed by atoms with Crippen molar-refractivity contribution < 1.29 is 15.2 Å². The van der Waals surface area contributed by atoms with E-state index in [1.54, 1.807) is 11.8 Å². The summed E-state index contributed by atoms with van der Waals surface area (Å²) in [5.74, 6) is 0.329. The van der Waals surface area contributed by atoms with E-state index in [-0.39, 0.29) is 6.42 Å². The first-order valence-corrected chi connectivity index (χ1v) is 6.15. The Hall–Kier alpha value is -0.590. The standard InChI is InChI=1S/C9H17N3O2S/c1-2-15-9-10-6-12(7-11-9)5-3-4-8(13)14/h2-7H2,1H3,(H,10,11)(H,13,14)/p+1. The lowest BCUT2D eigenvalue weighted by molar-refractivity contribution is -0.562. The fourth-order valence-corrected chi connectivity index (χ4v) is 2.00. The molecule has 0 aromatic rings. The average Bonchev–Trinajstić information content (AvgIpc) is 2.20. The molecule has 0 amide bonds. The van der Waals surface area contributed by atoms with Crippen LogP contribution in [0.4, 0.5) is 0 Å². The number of rotatable bonds is 5. The number of amidine groups is 1. The molecule has 0 saturated carbocycles. The van der Waals surface area contributed by atoms with Crippen molar-refractivity contribution in [2.24, 2.45) is 4.99 Å². The van der Waals surface area contributed by atoms with Crippen molar-refractivity contribution in [1.29, 1.82) is 0 Å². The molecule has 0 spiro atoms. The molecule has 0 fully saturated rings. The van der Waals surface area contributed by atoms with Crippen molar-refractivity contribution >= 4 is 22.9 Å². The summed E-state index contributed by atoms with van der Waals surface area (Å²) in [6.07, 6.45) is 0.950. The van der Waals surface area contributed by atoms with E-state index in [1.807, 2.05) is 0 Å². The summed E-state index contributed by atoms with van der Waals surface area (Å²) in [5.41, 5.74) is 0. The summed E-state index contributed by atoms with van der Waals surface area (Å²) >= 11 is 1.76. The number of quaternary nitrogens is 1. The van der Waals surface area contributed by atoms with Gasteiger partial charge in [0.05, 0.1) is 0 Å². The summed E-state index contributed by atoms with van der Waals surface area (Å²) in [7, 11) is 0. The first kappa shape index (κ1) is 12.5. The number of carboxylic acids is 1. The van der Waals surface area contributed by atoms with Gasteiger partial charge in [-0.3, -0.25) is 10.1 Å². The number of thioether (sulfide) groups is 1. The van der Waals surface area contributed by atoms with Crippen LogP contribution in [0.1, 0.15) is 19.8 Å². The van der Waals surface area contributed by atoms with Gasteiger partial charge >= 0.3 is 5.97 Å². The molecule has 5 nitrogen and oxygen atoms in total. The summed E-state index contributed by atoms with van der Waals surface area (Å²) in [5, 5.41) is 11.7. The molecule has 0 atom stereocenters. The molecule has 0 radical (unpaired) electrons. The van der Waals surface area contributed by atoms with E-state index in [9.17, 15) is 4.79 Å². The number of aliphatic imine (C=N–C) groups is 1. The Kier molecular flexibility index (Phi) is 5.67. The molecule has 3 N–H and O–H groups in total. The zero-order valence-corrected chi connectivity index (χ0v) is 9.79. The number of hydrogen-bond donors (Lipinski definition) is 2. The molecule has 0 saturated heterocycles. The van der Waals surface area contributed by atoms with Crippen molar-refractivity contribution in [2.75, 3.05) is 25.6 Å². The van der Waals surface area contributed by atoms with Gasteiger partial charge in [-0.05, 0) is 18.2 Å². The van der Waals surface area contributed by atoms with Gasteiger partial charge in [0.2, 0.25) is 0 Å². The lowest BCUT2D eigenvalue weighted by Crippen LogP contribution is -2.91. The highest BCUT2D eigenvalue weighted by Crippen LogP contribution is 2.01. The van der Waals surface area contributed by atoms with Crippen LogP contribution in [-0.2, 0) is 4.79 Å². The maximum Gasteiger partial charge on any atom is 0.303 e. The van der Waals surface area contributed by atoms with Gasteiger partial charge in [0.25, 0.3) is 5.17 Å². The molecule has 1 rings (SSSR count). The second-order valence-electron chi connectivity index (χ2n) is 3.35. The predicted molar refractivity (Wildman–Crippen MR) is 60.8 cm³/mol. The number of aliphatic carboxylic acids is 1. The Morgan fingerprint density at radius 3 is 3.07 bits per heavy atom. The summed E-state index contributed by atoms with van der Waals surface area (Å²) in [6.45, 7) is 4.53. The smallest absolute Gasteiger partial charge is 0.303 e. The van der Waals surface area contributed by atoms with Gasteiger partial charge in [-0.2, -0.15) is 0 Å². The maximum atomic E-state index is 10.3. The van der Waals surface area contributed by atoms with E-state index in [4.69, 9.17) is 5.11 Å². The number of hydrogen-bond acceptors (Lipinski definition) is 4. The van der Waals surface area contributed by atoms with E-state index in [0.717, 1.165) is 24.1 Å². The third-order valence-corrected chi connectivity index (χ3v) is 2.99. The normalized spacial score (nSPS) is 17.5. The van der Waals surface area contributed by atoms with Crippen LogP contribution in [0.3, 0.4) is 0 Å². The molecule has 0 aromatic carbocycles. The molecule has 1 aliphatic rings. The summed E-state index contributed by atoms with van der Waals surface area (Å²) in [4.78, 5) is 16.9. The molecule has 1 heterocycles. The van der Waals surface area contributed by atoms with Crippen molar-refractivity contribution in [3.63, 3.8) is 0 Å². The van der Waals surface area contributed by atoms with Crippen LogP contribution in [0, 0.1) is 0 Å². The third kappa shape index (κ3) is 5.15. The van der Waals surface area contributed by atoms with Crippen molar-refractivity contribution in [1.82, 2.24) is 4.90 Å². The van der Waals surface area contributed by atoms with Crippen LogP contribution in [0.15, 0.2) is 4.99 Å². The van der Waals surface area contributed by atoms with E-state index < -0.39 is 5.97 Å². The Morgan fingerprint density at radius 2 is 2.53 bits per heavy atom. The van der Waals surface area contributed by atoms with E-state index in [1.165, 1.54) is 0 Å². The van der Waals surface area contributed by atoms with Crippen LogP contribution in [-0.4, -0.2) is 46.8 Å². The molecule has 0 bridgehead atoms. The molecule has 86 valence electrons. The SMILES string of the molecule is CCSC1=NCN(CCCC(=O)O)C[NH2+]1. The average molecular weight is 232 g/mol. The minimum atomic E-state index is -0.721. The van der Waals surface area contributed by atoms with Gasteiger partial charge in [0.1, 0.15) is 13.3 Å². The second-order valence-corrected chi connectivity index (χ2v) is 4.63. The Labute approximate surface area is 93.9 Å². The molecule has 0 unspecified atom stereocenters. The first-order valence-electron chi connectivity index (χ1n) is 5.17. The number of nitrogens with zero attached hydrogens (tertiary/aromatic N) is 2. The number of nitrogens with two attached hydrogens (primary N) is 1. The lowest BCUT2D eigenvalue weighted by Gasteiger charge is -2.22. The summed E-state index contributed by atoms with van der Waals surface area (Å²) in [6, 6.07) is 0. The minimum absolute atomic E-state index is 0.247. The van der Waals surface area contributed by atoms with Crippen molar-refractivity contribution in [3.05, 3.63) is 0 Å². The minimum Gasteiger partial charge on any atom is -0.481 e. The van der Waals surface area contributed by atoms with Gasteiger partial charge in [-0.15, -0.1) is 0 Å². The maximum absolute atomic E-state index is 10.3. The largest absolute Gasteiger partial charge is 0.481 e. The topological polar surface area (TPSA) is 69.5 Å². The van der Waals surface area contributed by atoms with Gasteiger partial charge in [-0.25, -0.2) is 9.89 Å². The second kappa shape index (κ2) is 6.81. The monoisotopic (exact) mass is 232 g/mol. The lowest BCUT2D eigenvalue weighted by atomic mass is 10.3. The van der Waals surface area contributed by atoms with Gasteiger partial charge in [0.15, 0.2) is 0 Å². The highest BCUT2D eigenvalue weighted by atomic mass is 32.2. The predicted octanol–water partition coefficient (Wildman–Crippen LogP) is -0.246. The zero-order chi connectivity index (χ0) is 11.1. The van der Waals surface area contributed by atoms with Crippen LogP contribution in [0.5, 0.6) is 0 Å². The fraction of sp³-hybridized carbons (Fsp3) is 0.778. The molecule has 6 heteroatoms. The summed E-state index contributed by atoms with van der Waals surface area (Å²) < 4.78 is 0. The molecule has 0 aliphatic carbocycles. The fourth-order valence-electron chi connectivity index (χ4n) is 1.37. The van der Waals surface area contributed by atoms with Crippen LogP contribution in [0.25, 0.3) is 0 Å². The van der Waals surface area contributed by atoms with Crippen LogP contribution in [0.2, 0.25) is 0 Å². The zero-order valence-electron chi connectivity index (χ0n) is 8.98. The molecular weight excluding hydrogens is 214 g/mol. The Balaban J connectivity index is 2.16. The van der Waals surface area contributed by atoms with Gasteiger partial charge < -0.3 is 5.11 Å². The first-order chi connectivity index (χ1) is 7.22. The molecule has 0 aromatic heterocycles. The van der Waals surface area contributed by atoms with E-state index in [0.29, 0.717) is 13.1 Å². The highest BCUT2D eigenvalue weighted by Gasteiger charge is 2.15. The highest BCUT2D eigenvalue weighted by molar-refractivity contribution is 8.13.